The molecule has 0 aliphatic rings. The molecule has 0 atom stereocenters. The maximum atomic E-state index is 5.57. The van der Waals surface area contributed by atoms with E-state index in [-0.39, 0.29) is 0 Å². The lowest BCUT2D eigenvalue weighted by Gasteiger charge is -2.05. The summed E-state index contributed by atoms with van der Waals surface area (Å²) in [6, 6.07) is 7.94. The Morgan fingerprint density at radius 3 is 2.43 bits per heavy atom. The first-order chi connectivity index (χ1) is 6.83. The van der Waals surface area contributed by atoms with E-state index in [0.29, 0.717) is 0 Å². The lowest BCUT2D eigenvalue weighted by atomic mass is 10.2. The standard InChI is InChI=1S/C12H16BrO/c1-2-3-4-5-10-14-12-8-6-11(13)7-9-12/h6-9H,1-5,10H2. The molecule has 0 spiro atoms. The van der Waals surface area contributed by atoms with Gasteiger partial charge in [-0.15, -0.1) is 0 Å². The molecule has 1 radical (unpaired) electrons. The van der Waals surface area contributed by atoms with Gasteiger partial charge >= 0.3 is 0 Å². The molecule has 0 bridgehead atoms. The second-order valence-electron chi connectivity index (χ2n) is 3.22. The van der Waals surface area contributed by atoms with Gasteiger partial charge in [0.25, 0.3) is 0 Å². The maximum absolute atomic E-state index is 5.57. The van der Waals surface area contributed by atoms with Crippen LogP contribution in [0, 0.1) is 6.92 Å². The van der Waals surface area contributed by atoms with E-state index in [1.807, 2.05) is 24.3 Å². The van der Waals surface area contributed by atoms with E-state index >= 15 is 0 Å². The van der Waals surface area contributed by atoms with Gasteiger partial charge in [0, 0.05) is 4.47 Å². The van der Waals surface area contributed by atoms with Crippen molar-refractivity contribution in [1.82, 2.24) is 0 Å². The molecule has 0 aromatic heterocycles. The van der Waals surface area contributed by atoms with Crippen molar-refractivity contribution in [2.45, 2.75) is 25.7 Å². The number of benzene rings is 1. The number of hydrogen-bond acceptors (Lipinski definition) is 1. The Bertz CT molecular complexity index is 243. The molecule has 0 saturated carbocycles. The predicted octanol–water partition coefficient (Wildman–Crippen LogP) is 4.22. The van der Waals surface area contributed by atoms with Crippen molar-refractivity contribution in [1.29, 1.82) is 0 Å². The van der Waals surface area contributed by atoms with Crippen LogP contribution < -0.4 is 4.74 Å². The van der Waals surface area contributed by atoms with Gasteiger partial charge in [0.05, 0.1) is 6.61 Å². The molecule has 1 aromatic rings. The van der Waals surface area contributed by atoms with Gasteiger partial charge in [-0.3, -0.25) is 0 Å². The molecule has 0 aliphatic carbocycles. The third kappa shape index (κ3) is 4.66. The van der Waals surface area contributed by atoms with Crippen LogP contribution in [-0.4, -0.2) is 6.61 Å². The molecule has 2 heteroatoms. The molecular weight excluding hydrogens is 240 g/mol. The van der Waals surface area contributed by atoms with E-state index in [4.69, 9.17) is 4.74 Å². The van der Waals surface area contributed by atoms with E-state index < -0.39 is 0 Å². The summed E-state index contributed by atoms with van der Waals surface area (Å²) in [6.07, 6.45) is 4.55. The third-order valence-corrected chi connectivity index (χ3v) is 2.51. The van der Waals surface area contributed by atoms with Crippen molar-refractivity contribution in [2.24, 2.45) is 0 Å². The molecule has 0 saturated heterocycles. The largest absolute Gasteiger partial charge is 0.494 e. The molecule has 0 fully saturated rings. The van der Waals surface area contributed by atoms with E-state index in [9.17, 15) is 0 Å². The van der Waals surface area contributed by atoms with Gasteiger partial charge in [0.1, 0.15) is 5.75 Å². The van der Waals surface area contributed by atoms with Crippen LogP contribution in [0.4, 0.5) is 0 Å². The first-order valence-electron chi connectivity index (χ1n) is 5.00. The first kappa shape index (κ1) is 11.6. The van der Waals surface area contributed by atoms with Crippen LogP contribution >= 0.6 is 15.9 Å². The Morgan fingerprint density at radius 1 is 1.07 bits per heavy atom. The van der Waals surface area contributed by atoms with Gasteiger partial charge in [-0.2, -0.15) is 0 Å². The van der Waals surface area contributed by atoms with Gasteiger partial charge in [0.2, 0.25) is 0 Å². The van der Waals surface area contributed by atoms with Crippen molar-refractivity contribution in [3.8, 4) is 5.75 Å². The summed E-state index contributed by atoms with van der Waals surface area (Å²) in [4.78, 5) is 0. The molecule has 0 heterocycles. The minimum atomic E-state index is 0.807. The molecule has 1 rings (SSSR count). The number of halogens is 1. The highest BCUT2D eigenvalue weighted by Gasteiger charge is 1.93. The lowest BCUT2D eigenvalue weighted by Crippen LogP contribution is -1.96. The second kappa shape index (κ2) is 6.88. The zero-order valence-corrected chi connectivity index (χ0v) is 9.92. The van der Waals surface area contributed by atoms with Crippen LogP contribution in [0.1, 0.15) is 25.7 Å². The molecule has 0 amide bonds. The summed E-state index contributed by atoms with van der Waals surface area (Å²) < 4.78 is 6.65. The highest BCUT2D eigenvalue weighted by Crippen LogP contribution is 2.16. The maximum Gasteiger partial charge on any atom is 0.119 e. The SMILES string of the molecule is [CH2]CCCCCOc1ccc(Br)cc1. The summed E-state index contributed by atoms with van der Waals surface area (Å²) in [5.74, 6) is 0.947. The fraction of sp³-hybridized carbons (Fsp3) is 0.417. The number of hydrogen-bond donors (Lipinski definition) is 0. The lowest BCUT2D eigenvalue weighted by molar-refractivity contribution is 0.305. The topological polar surface area (TPSA) is 9.23 Å². The average Bonchev–Trinajstić information content (AvgIpc) is 2.21. The molecular formula is C12H16BrO. The van der Waals surface area contributed by atoms with Crippen LogP contribution in [0.3, 0.4) is 0 Å². The van der Waals surface area contributed by atoms with Crippen LogP contribution in [0.5, 0.6) is 5.75 Å². The van der Waals surface area contributed by atoms with E-state index in [2.05, 4.69) is 22.9 Å². The Hall–Kier alpha value is -0.500. The van der Waals surface area contributed by atoms with Gasteiger partial charge in [0.15, 0.2) is 0 Å². The minimum Gasteiger partial charge on any atom is -0.494 e. The van der Waals surface area contributed by atoms with Gasteiger partial charge in [-0.25, -0.2) is 0 Å². The molecule has 0 aliphatic heterocycles. The monoisotopic (exact) mass is 255 g/mol. The van der Waals surface area contributed by atoms with Crippen molar-refractivity contribution in [2.75, 3.05) is 6.61 Å². The molecule has 77 valence electrons. The van der Waals surface area contributed by atoms with Crippen LogP contribution in [0.2, 0.25) is 0 Å². The Balaban J connectivity index is 2.15. The molecule has 1 nitrogen and oxygen atoms in total. The Morgan fingerprint density at radius 2 is 1.79 bits per heavy atom. The van der Waals surface area contributed by atoms with E-state index in [1.54, 1.807) is 0 Å². The Labute approximate surface area is 94.6 Å². The van der Waals surface area contributed by atoms with Gasteiger partial charge < -0.3 is 4.74 Å². The fourth-order valence-electron chi connectivity index (χ4n) is 1.18. The molecule has 0 N–H and O–H groups in total. The van der Waals surface area contributed by atoms with Crippen molar-refractivity contribution in [3.05, 3.63) is 35.7 Å². The zero-order chi connectivity index (χ0) is 10.2. The fourth-order valence-corrected chi connectivity index (χ4v) is 1.44. The third-order valence-electron chi connectivity index (χ3n) is 1.98. The number of unbranched alkanes of at least 4 members (excludes halogenated alkanes) is 3. The summed E-state index contributed by atoms with van der Waals surface area (Å²) in [6.45, 7) is 4.61. The van der Waals surface area contributed by atoms with E-state index in [1.165, 1.54) is 12.8 Å². The van der Waals surface area contributed by atoms with E-state index in [0.717, 1.165) is 29.7 Å². The average molecular weight is 256 g/mol. The highest BCUT2D eigenvalue weighted by molar-refractivity contribution is 9.10. The summed E-state index contributed by atoms with van der Waals surface area (Å²) in [5, 5.41) is 0. The summed E-state index contributed by atoms with van der Waals surface area (Å²) >= 11 is 3.39. The van der Waals surface area contributed by atoms with Crippen molar-refractivity contribution >= 4 is 15.9 Å². The predicted molar refractivity (Wildman–Crippen MR) is 63.5 cm³/mol. The smallest absolute Gasteiger partial charge is 0.119 e. The van der Waals surface area contributed by atoms with Gasteiger partial charge in [-0.05, 0) is 30.7 Å². The zero-order valence-electron chi connectivity index (χ0n) is 8.34. The minimum absolute atomic E-state index is 0.807. The quantitative estimate of drug-likeness (QED) is 0.692. The van der Waals surface area contributed by atoms with Crippen LogP contribution in [0.15, 0.2) is 28.7 Å². The van der Waals surface area contributed by atoms with Crippen LogP contribution in [-0.2, 0) is 0 Å². The molecule has 1 aromatic carbocycles. The first-order valence-corrected chi connectivity index (χ1v) is 5.80. The van der Waals surface area contributed by atoms with Crippen molar-refractivity contribution in [3.63, 3.8) is 0 Å². The number of rotatable bonds is 6. The Kier molecular flexibility index (Phi) is 5.69. The number of ether oxygens (including phenoxy) is 1. The van der Waals surface area contributed by atoms with Crippen molar-refractivity contribution < 1.29 is 4.74 Å². The van der Waals surface area contributed by atoms with Crippen LogP contribution in [0.25, 0.3) is 0 Å². The summed E-state index contributed by atoms with van der Waals surface area (Å²) in [5.41, 5.74) is 0. The normalized spacial score (nSPS) is 10.1. The highest BCUT2D eigenvalue weighted by atomic mass is 79.9. The van der Waals surface area contributed by atoms with Gasteiger partial charge in [-0.1, -0.05) is 42.1 Å². The molecule has 0 unspecified atom stereocenters. The molecule has 14 heavy (non-hydrogen) atoms. The second-order valence-corrected chi connectivity index (χ2v) is 4.13. The summed E-state index contributed by atoms with van der Waals surface area (Å²) in [7, 11) is 0.